The molecule has 0 atom stereocenters. The third-order valence-corrected chi connectivity index (χ3v) is 2.83. The van der Waals surface area contributed by atoms with E-state index < -0.39 is 12.0 Å². The van der Waals surface area contributed by atoms with Crippen molar-refractivity contribution < 1.29 is 13.2 Å². The molecule has 2 rings (SSSR count). The molecule has 0 bridgehead atoms. The van der Waals surface area contributed by atoms with E-state index in [1.807, 2.05) is 0 Å². The van der Waals surface area contributed by atoms with Crippen molar-refractivity contribution in [1.82, 2.24) is 24.8 Å². The molecule has 11 heteroatoms. The molecule has 19 heavy (non-hydrogen) atoms. The molecule has 98 valence electrons. The van der Waals surface area contributed by atoms with Gasteiger partial charge in [-0.15, -0.1) is 10.2 Å². The van der Waals surface area contributed by atoms with Crippen molar-refractivity contribution in [2.24, 2.45) is 0 Å². The Labute approximate surface area is 108 Å². The average Bonchev–Trinajstić information content (AvgIpc) is 2.71. The predicted octanol–water partition coefficient (Wildman–Crippen LogP) is 0.824. The minimum absolute atomic E-state index is 0.0379. The Kier molecular flexibility index (Phi) is 3.26. The molecule has 0 spiro atoms. The van der Waals surface area contributed by atoms with Gasteiger partial charge in [0.2, 0.25) is 5.16 Å². The van der Waals surface area contributed by atoms with Crippen molar-refractivity contribution >= 4 is 11.8 Å². The Morgan fingerprint density at radius 2 is 1.95 bits per heavy atom. The van der Waals surface area contributed by atoms with E-state index >= 15 is 0 Å². The van der Waals surface area contributed by atoms with E-state index in [4.69, 9.17) is 11.1 Å². The molecule has 0 saturated heterocycles. The molecule has 0 fully saturated rings. The molecule has 2 aromatic heterocycles. The largest absolute Gasteiger partial charge is 0.453 e. The number of nitriles is 1. The maximum absolute atomic E-state index is 12.5. The van der Waals surface area contributed by atoms with E-state index in [0.717, 1.165) is 0 Å². The van der Waals surface area contributed by atoms with Crippen molar-refractivity contribution in [2.75, 3.05) is 5.84 Å². The van der Waals surface area contributed by atoms with Gasteiger partial charge in [0.1, 0.15) is 11.1 Å². The van der Waals surface area contributed by atoms with Gasteiger partial charge in [0.05, 0.1) is 0 Å². The van der Waals surface area contributed by atoms with Crippen LogP contribution in [0.3, 0.4) is 0 Å². The Hall–Kier alpha value is -2.35. The van der Waals surface area contributed by atoms with Crippen LogP contribution in [0.4, 0.5) is 13.2 Å². The number of alkyl halides is 3. The fraction of sp³-hybridized carbons (Fsp3) is 0.125. The van der Waals surface area contributed by atoms with Crippen LogP contribution in [0, 0.1) is 11.3 Å². The van der Waals surface area contributed by atoms with Gasteiger partial charge in [-0.2, -0.15) is 18.4 Å². The van der Waals surface area contributed by atoms with E-state index in [1.165, 1.54) is 12.4 Å². The zero-order valence-corrected chi connectivity index (χ0v) is 9.77. The first-order chi connectivity index (χ1) is 8.93. The van der Waals surface area contributed by atoms with Crippen LogP contribution in [-0.4, -0.2) is 24.8 Å². The summed E-state index contributed by atoms with van der Waals surface area (Å²) in [5, 5.41) is 14.9. The van der Waals surface area contributed by atoms with Crippen molar-refractivity contribution in [3.63, 3.8) is 0 Å². The lowest BCUT2D eigenvalue weighted by atomic mass is 10.5. The first-order valence-corrected chi connectivity index (χ1v) is 5.41. The fourth-order valence-electron chi connectivity index (χ4n) is 1.10. The van der Waals surface area contributed by atoms with Gasteiger partial charge in [0.15, 0.2) is 5.69 Å². The second kappa shape index (κ2) is 4.73. The van der Waals surface area contributed by atoms with Gasteiger partial charge in [-0.05, 0) is 11.8 Å². The molecule has 2 aromatic rings. The number of halogens is 3. The molecular weight excluding hydrogens is 283 g/mol. The number of rotatable bonds is 2. The first kappa shape index (κ1) is 13.1. The predicted molar refractivity (Wildman–Crippen MR) is 56.0 cm³/mol. The van der Waals surface area contributed by atoms with Crippen LogP contribution >= 0.6 is 11.8 Å². The van der Waals surface area contributed by atoms with Gasteiger partial charge < -0.3 is 5.84 Å². The van der Waals surface area contributed by atoms with E-state index in [0.29, 0.717) is 16.4 Å². The van der Waals surface area contributed by atoms with E-state index in [1.54, 1.807) is 6.07 Å². The standard InChI is InChI=1S/C8H4F3N7S/c9-8(10,11)6-16-17-7(18(6)13)19-5-4(3-12)14-1-2-15-5/h1-2H,13H2. The molecule has 0 amide bonds. The fourth-order valence-corrected chi connectivity index (χ4v) is 1.85. The summed E-state index contributed by atoms with van der Waals surface area (Å²) in [7, 11) is 0. The van der Waals surface area contributed by atoms with Gasteiger partial charge in [-0.3, -0.25) is 0 Å². The first-order valence-electron chi connectivity index (χ1n) is 4.60. The van der Waals surface area contributed by atoms with Crippen molar-refractivity contribution in [2.45, 2.75) is 16.4 Å². The molecule has 2 N–H and O–H groups in total. The maximum Gasteiger partial charge on any atom is 0.453 e. The van der Waals surface area contributed by atoms with Gasteiger partial charge in [0, 0.05) is 12.4 Å². The average molecular weight is 287 g/mol. The second-order valence-electron chi connectivity index (χ2n) is 3.10. The van der Waals surface area contributed by atoms with Crippen LogP contribution in [0.1, 0.15) is 11.5 Å². The Balaban J connectivity index is 2.36. The molecule has 0 radical (unpaired) electrons. The third kappa shape index (κ3) is 2.58. The maximum atomic E-state index is 12.5. The zero-order valence-electron chi connectivity index (χ0n) is 8.96. The van der Waals surface area contributed by atoms with E-state index in [9.17, 15) is 13.2 Å². The highest BCUT2D eigenvalue weighted by Crippen LogP contribution is 2.31. The van der Waals surface area contributed by atoms with Gasteiger partial charge in [0.25, 0.3) is 5.82 Å². The van der Waals surface area contributed by atoms with Crippen LogP contribution in [0.2, 0.25) is 0 Å². The summed E-state index contributed by atoms with van der Waals surface area (Å²) in [6.07, 6.45) is -2.12. The number of hydrogen-bond acceptors (Lipinski definition) is 7. The summed E-state index contributed by atoms with van der Waals surface area (Å²) in [6, 6.07) is 1.76. The summed E-state index contributed by atoms with van der Waals surface area (Å²) < 4.78 is 37.7. The molecule has 0 aliphatic heterocycles. The Morgan fingerprint density at radius 3 is 2.53 bits per heavy atom. The summed E-state index contributed by atoms with van der Waals surface area (Å²) in [4.78, 5) is 7.53. The van der Waals surface area contributed by atoms with Crippen molar-refractivity contribution in [3.05, 3.63) is 23.9 Å². The minimum atomic E-state index is -4.71. The summed E-state index contributed by atoms with van der Waals surface area (Å²) in [6.45, 7) is 0. The van der Waals surface area contributed by atoms with Crippen molar-refractivity contribution in [3.8, 4) is 6.07 Å². The molecule has 2 heterocycles. The van der Waals surface area contributed by atoms with Crippen LogP contribution in [0.15, 0.2) is 22.6 Å². The quantitative estimate of drug-likeness (QED) is 0.815. The lowest BCUT2D eigenvalue weighted by molar-refractivity contribution is -0.146. The number of hydrogen-bond donors (Lipinski definition) is 1. The second-order valence-corrected chi connectivity index (χ2v) is 4.05. The summed E-state index contributed by atoms with van der Waals surface area (Å²) >= 11 is 0.671. The van der Waals surface area contributed by atoms with Gasteiger partial charge in [-0.1, -0.05) is 0 Å². The third-order valence-electron chi connectivity index (χ3n) is 1.88. The smallest absolute Gasteiger partial charge is 0.335 e. The number of aromatic nitrogens is 5. The van der Waals surface area contributed by atoms with Gasteiger partial charge in [-0.25, -0.2) is 14.6 Å². The molecule has 7 nitrogen and oxygen atoms in total. The zero-order chi connectivity index (χ0) is 14.0. The van der Waals surface area contributed by atoms with Crippen LogP contribution < -0.4 is 5.84 Å². The molecular formula is C8H4F3N7S. The van der Waals surface area contributed by atoms with E-state index in [2.05, 4.69) is 20.2 Å². The van der Waals surface area contributed by atoms with Crippen LogP contribution in [-0.2, 0) is 6.18 Å². The Morgan fingerprint density at radius 1 is 1.26 bits per heavy atom. The SMILES string of the molecule is N#Cc1nccnc1Sc1nnc(C(F)(F)F)n1N. The highest BCUT2D eigenvalue weighted by molar-refractivity contribution is 7.99. The normalized spacial score (nSPS) is 11.3. The molecule has 0 aliphatic carbocycles. The molecule has 0 aliphatic rings. The van der Waals surface area contributed by atoms with Crippen LogP contribution in [0.25, 0.3) is 0 Å². The Bertz CT molecular complexity index is 645. The number of nitrogens with two attached hydrogens (primary N) is 1. The summed E-state index contributed by atoms with van der Waals surface area (Å²) in [5.74, 6) is 3.91. The molecule has 0 unspecified atom stereocenters. The van der Waals surface area contributed by atoms with Crippen molar-refractivity contribution in [1.29, 1.82) is 5.26 Å². The topological polar surface area (TPSA) is 106 Å². The molecule has 0 saturated carbocycles. The minimum Gasteiger partial charge on any atom is -0.335 e. The lowest BCUT2D eigenvalue weighted by Gasteiger charge is -2.05. The highest BCUT2D eigenvalue weighted by Gasteiger charge is 2.38. The lowest BCUT2D eigenvalue weighted by Crippen LogP contribution is -2.21. The summed E-state index contributed by atoms with van der Waals surface area (Å²) in [5.41, 5.74) is -0.0379. The number of nitrogen functional groups attached to an aromatic ring is 1. The number of nitrogens with zero attached hydrogens (tertiary/aromatic N) is 6. The monoisotopic (exact) mass is 287 g/mol. The van der Waals surface area contributed by atoms with Crippen LogP contribution in [0.5, 0.6) is 0 Å². The van der Waals surface area contributed by atoms with E-state index in [-0.39, 0.29) is 15.9 Å². The van der Waals surface area contributed by atoms with Gasteiger partial charge >= 0.3 is 6.18 Å². The molecule has 0 aromatic carbocycles. The highest BCUT2D eigenvalue weighted by atomic mass is 32.2.